The quantitative estimate of drug-likeness (QED) is 0.774. The minimum atomic E-state index is -0.430. The van der Waals surface area contributed by atoms with Crippen molar-refractivity contribution in [3.05, 3.63) is 28.3 Å². The number of hydrogen-bond acceptors (Lipinski definition) is 5. The molecule has 5 nitrogen and oxygen atoms in total. The minimum Gasteiger partial charge on any atom is -0.502 e. The topological polar surface area (TPSA) is 73.9 Å². The van der Waals surface area contributed by atoms with Gasteiger partial charge in [0.25, 0.3) is 0 Å². The summed E-state index contributed by atoms with van der Waals surface area (Å²) in [6, 6.07) is 1.45. The molecule has 0 aliphatic carbocycles. The highest BCUT2D eigenvalue weighted by molar-refractivity contribution is 5.15. The largest absolute Gasteiger partial charge is 0.502 e. The molecule has 2 heterocycles. The van der Waals surface area contributed by atoms with E-state index in [4.69, 9.17) is 14.6 Å². The zero-order chi connectivity index (χ0) is 11.5. The van der Waals surface area contributed by atoms with E-state index in [0.29, 0.717) is 12.3 Å². The second kappa shape index (κ2) is 4.67. The standard InChI is InChI=1S/C11H15NO4/c13-6-8-2-1-3-12(8)5-9-4-10(14)11(15)7-16-9/h4,7-8,13,15H,1-3,5-6H2. The average molecular weight is 225 g/mol. The lowest BCUT2D eigenvalue weighted by atomic mass is 10.2. The highest BCUT2D eigenvalue weighted by Crippen LogP contribution is 2.19. The maximum absolute atomic E-state index is 11.2. The molecule has 1 aliphatic heterocycles. The molecule has 88 valence electrons. The summed E-state index contributed by atoms with van der Waals surface area (Å²) in [6.07, 6.45) is 3.08. The third kappa shape index (κ3) is 2.25. The third-order valence-electron chi connectivity index (χ3n) is 2.94. The van der Waals surface area contributed by atoms with Crippen LogP contribution in [0, 0.1) is 0 Å². The number of hydrogen-bond donors (Lipinski definition) is 2. The van der Waals surface area contributed by atoms with E-state index in [1.165, 1.54) is 6.07 Å². The summed E-state index contributed by atoms with van der Waals surface area (Å²) in [6.45, 7) is 1.53. The van der Waals surface area contributed by atoms with Gasteiger partial charge in [-0.15, -0.1) is 0 Å². The SMILES string of the molecule is O=c1cc(CN2CCCC2CO)occ1O. The molecule has 2 N–H and O–H groups in total. The Labute approximate surface area is 92.9 Å². The van der Waals surface area contributed by atoms with Crippen LogP contribution in [0.3, 0.4) is 0 Å². The highest BCUT2D eigenvalue weighted by atomic mass is 16.4. The van der Waals surface area contributed by atoms with Crippen LogP contribution < -0.4 is 5.43 Å². The summed E-state index contributed by atoms with van der Waals surface area (Å²) in [4.78, 5) is 13.3. The molecule has 1 aromatic heterocycles. The fraction of sp³-hybridized carbons (Fsp3) is 0.545. The van der Waals surface area contributed by atoms with Crippen molar-refractivity contribution in [2.24, 2.45) is 0 Å². The van der Waals surface area contributed by atoms with Crippen LogP contribution in [0.25, 0.3) is 0 Å². The number of aliphatic hydroxyl groups is 1. The molecular weight excluding hydrogens is 210 g/mol. The van der Waals surface area contributed by atoms with Crippen LogP contribution in [0.1, 0.15) is 18.6 Å². The Kier molecular flexibility index (Phi) is 3.26. The molecule has 2 rings (SSSR count). The van der Waals surface area contributed by atoms with Gasteiger partial charge < -0.3 is 14.6 Å². The first-order valence-electron chi connectivity index (χ1n) is 5.36. The van der Waals surface area contributed by atoms with E-state index in [1.54, 1.807) is 0 Å². The molecule has 0 spiro atoms. The Morgan fingerprint density at radius 1 is 1.56 bits per heavy atom. The van der Waals surface area contributed by atoms with Crippen LogP contribution in [0.2, 0.25) is 0 Å². The van der Waals surface area contributed by atoms with E-state index in [2.05, 4.69) is 4.90 Å². The van der Waals surface area contributed by atoms with Crippen molar-refractivity contribution in [2.45, 2.75) is 25.4 Å². The second-order valence-corrected chi connectivity index (χ2v) is 4.04. The van der Waals surface area contributed by atoms with Crippen molar-refractivity contribution in [1.82, 2.24) is 4.90 Å². The van der Waals surface area contributed by atoms with E-state index < -0.39 is 5.43 Å². The molecule has 0 radical (unpaired) electrons. The lowest BCUT2D eigenvalue weighted by molar-refractivity contribution is 0.145. The van der Waals surface area contributed by atoms with Crippen LogP contribution >= 0.6 is 0 Å². The van der Waals surface area contributed by atoms with Gasteiger partial charge in [-0.3, -0.25) is 9.69 Å². The molecule has 16 heavy (non-hydrogen) atoms. The smallest absolute Gasteiger partial charge is 0.226 e. The van der Waals surface area contributed by atoms with Crippen LogP contribution in [0.15, 0.2) is 21.5 Å². The summed E-state index contributed by atoms with van der Waals surface area (Å²) in [7, 11) is 0. The van der Waals surface area contributed by atoms with Crippen LogP contribution in [-0.2, 0) is 6.54 Å². The Morgan fingerprint density at radius 2 is 2.38 bits per heavy atom. The molecule has 1 saturated heterocycles. The first kappa shape index (κ1) is 11.2. The van der Waals surface area contributed by atoms with E-state index in [1.807, 2.05) is 0 Å². The predicted molar refractivity (Wildman–Crippen MR) is 57.2 cm³/mol. The Bertz CT molecular complexity index is 415. The third-order valence-corrected chi connectivity index (χ3v) is 2.94. The molecule has 0 aromatic carbocycles. The number of rotatable bonds is 3. The normalized spacial score (nSPS) is 21.4. The van der Waals surface area contributed by atoms with E-state index in [9.17, 15) is 4.79 Å². The molecule has 1 aliphatic rings. The van der Waals surface area contributed by atoms with Gasteiger partial charge in [-0.2, -0.15) is 0 Å². The molecular formula is C11H15NO4. The van der Waals surface area contributed by atoms with Crippen molar-refractivity contribution < 1.29 is 14.6 Å². The molecule has 1 unspecified atom stereocenters. The first-order valence-corrected chi connectivity index (χ1v) is 5.36. The highest BCUT2D eigenvalue weighted by Gasteiger charge is 2.24. The Morgan fingerprint density at radius 3 is 3.06 bits per heavy atom. The average Bonchev–Trinajstić information content (AvgIpc) is 2.71. The monoisotopic (exact) mass is 225 g/mol. The second-order valence-electron chi connectivity index (χ2n) is 4.04. The number of aromatic hydroxyl groups is 1. The lowest BCUT2D eigenvalue weighted by Crippen LogP contribution is -2.31. The maximum atomic E-state index is 11.2. The summed E-state index contributed by atoms with van der Waals surface area (Å²) in [5.41, 5.74) is -0.430. The van der Waals surface area contributed by atoms with Gasteiger partial charge in [-0.05, 0) is 19.4 Å². The van der Waals surface area contributed by atoms with Crippen LogP contribution in [0.5, 0.6) is 5.75 Å². The van der Waals surface area contributed by atoms with Gasteiger partial charge in [0.05, 0.1) is 13.2 Å². The van der Waals surface area contributed by atoms with Crippen LogP contribution in [-0.4, -0.2) is 34.3 Å². The van der Waals surface area contributed by atoms with Gasteiger partial charge in [0.1, 0.15) is 12.0 Å². The molecule has 0 amide bonds. The van der Waals surface area contributed by atoms with Gasteiger partial charge in [0.15, 0.2) is 5.75 Å². The molecule has 0 bridgehead atoms. The molecule has 1 atom stereocenters. The van der Waals surface area contributed by atoms with Crippen molar-refractivity contribution in [3.8, 4) is 5.75 Å². The molecule has 5 heteroatoms. The lowest BCUT2D eigenvalue weighted by Gasteiger charge is -2.21. The van der Waals surface area contributed by atoms with Crippen molar-refractivity contribution >= 4 is 0 Å². The minimum absolute atomic E-state index is 0.127. The van der Waals surface area contributed by atoms with Gasteiger partial charge in [0, 0.05) is 12.1 Å². The fourth-order valence-electron chi connectivity index (χ4n) is 2.04. The van der Waals surface area contributed by atoms with Crippen LogP contribution in [0.4, 0.5) is 0 Å². The Balaban J connectivity index is 2.08. The van der Waals surface area contributed by atoms with E-state index in [-0.39, 0.29) is 18.4 Å². The van der Waals surface area contributed by atoms with Crippen molar-refractivity contribution in [3.63, 3.8) is 0 Å². The van der Waals surface area contributed by atoms with Gasteiger partial charge in [0.2, 0.25) is 5.43 Å². The number of likely N-dealkylation sites (tertiary alicyclic amines) is 1. The number of nitrogens with zero attached hydrogens (tertiary/aromatic N) is 1. The molecule has 1 aromatic rings. The van der Waals surface area contributed by atoms with E-state index in [0.717, 1.165) is 25.6 Å². The Hall–Kier alpha value is -1.33. The predicted octanol–water partition coefficient (Wildman–Crippen LogP) is 0.302. The summed E-state index contributed by atoms with van der Waals surface area (Å²) < 4.78 is 5.12. The number of aliphatic hydroxyl groups excluding tert-OH is 1. The molecule has 1 fully saturated rings. The summed E-state index contributed by atoms with van der Waals surface area (Å²) >= 11 is 0. The zero-order valence-corrected chi connectivity index (χ0v) is 8.93. The van der Waals surface area contributed by atoms with Crippen molar-refractivity contribution in [2.75, 3.05) is 13.2 Å². The molecule has 0 saturated carbocycles. The maximum Gasteiger partial charge on any atom is 0.226 e. The first-order chi connectivity index (χ1) is 7.70. The summed E-state index contributed by atoms with van der Waals surface area (Å²) in [5, 5.41) is 18.2. The van der Waals surface area contributed by atoms with Gasteiger partial charge in [-0.25, -0.2) is 0 Å². The van der Waals surface area contributed by atoms with Gasteiger partial charge in [-0.1, -0.05) is 0 Å². The van der Waals surface area contributed by atoms with Gasteiger partial charge >= 0.3 is 0 Å². The van der Waals surface area contributed by atoms with E-state index >= 15 is 0 Å². The summed E-state index contributed by atoms with van der Waals surface area (Å²) in [5.74, 6) is 0.145. The fourth-order valence-corrected chi connectivity index (χ4v) is 2.04. The zero-order valence-electron chi connectivity index (χ0n) is 8.93. The van der Waals surface area contributed by atoms with Crippen molar-refractivity contribution in [1.29, 1.82) is 0 Å².